The van der Waals surface area contributed by atoms with Crippen molar-refractivity contribution in [3.8, 4) is 0 Å². The molecule has 1 atom stereocenters. The molecule has 2 aliphatic rings. The predicted octanol–water partition coefficient (Wildman–Crippen LogP) is 2.96. The van der Waals surface area contributed by atoms with E-state index in [4.69, 9.17) is 0 Å². The fourth-order valence-corrected chi connectivity index (χ4v) is 2.89. The van der Waals surface area contributed by atoms with Gasteiger partial charge in [0.2, 0.25) is 0 Å². The largest absolute Gasteiger partial charge is 0.354 e. The predicted molar refractivity (Wildman–Crippen MR) is 79.2 cm³/mol. The smallest absolute Gasteiger partial charge is 0.170 e. The molecular weight excluding hydrogens is 253 g/mol. The summed E-state index contributed by atoms with van der Waals surface area (Å²) in [5.41, 5.74) is 0.745. The van der Waals surface area contributed by atoms with Gasteiger partial charge in [-0.1, -0.05) is 13.8 Å². The van der Waals surface area contributed by atoms with E-state index in [9.17, 15) is 4.39 Å². The molecule has 0 radical (unpaired) electrons. The van der Waals surface area contributed by atoms with Crippen LogP contribution < -0.4 is 10.2 Å². The Bertz CT molecular complexity index is 471. The van der Waals surface area contributed by atoms with Crippen molar-refractivity contribution in [3.05, 3.63) is 23.6 Å². The summed E-state index contributed by atoms with van der Waals surface area (Å²) in [5.74, 6) is 1.72. The van der Waals surface area contributed by atoms with Gasteiger partial charge in [0.25, 0.3) is 0 Å². The fraction of sp³-hybridized carbons (Fsp3) is 0.688. The van der Waals surface area contributed by atoms with Gasteiger partial charge in [0.05, 0.1) is 0 Å². The van der Waals surface area contributed by atoms with Crippen LogP contribution in [0.1, 0.15) is 38.7 Å². The molecule has 1 aliphatic heterocycles. The Morgan fingerprint density at radius 2 is 2.20 bits per heavy atom. The average Bonchev–Trinajstić information content (AvgIpc) is 3.12. The number of nitrogens with one attached hydrogen (secondary N) is 1. The second-order valence-corrected chi connectivity index (χ2v) is 6.50. The van der Waals surface area contributed by atoms with E-state index in [1.165, 1.54) is 12.8 Å². The highest BCUT2D eigenvalue weighted by Gasteiger charge is 2.28. The summed E-state index contributed by atoms with van der Waals surface area (Å²) in [6, 6.07) is 2.40. The summed E-state index contributed by atoms with van der Waals surface area (Å²) in [6.07, 6.45) is 5.33. The van der Waals surface area contributed by atoms with Gasteiger partial charge in [0, 0.05) is 37.4 Å². The second-order valence-electron chi connectivity index (χ2n) is 6.50. The molecule has 0 spiro atoms. The third-order valence-electron chi connectivity index (χ3n) is 4.58. The van der Waals surface area contributed by atoms with E-state index >= 15 is 0 Å². The molecule has 1 N–H and O–H groups in total. The van der Waals surface area contributed by atoms with Gasteiger partial charge in [-0.25, -0.2) is 9.37 Å². The summed E-state index contributed by atoms with van der Waals surface area (Å²) in [7, 11) is 0. The van der Waals surface area contributed by atoms with Crippen LogP contribution in [0, 0.1) is 17.7 Å². The van der Waals surface area contributed by atoms with Gasteiger partial charge in [-0.15, -0.1) is 0 Å². The Balaban J connectivity index is 1.71. The van der Waals surface area contributed by atoms with Gasteiger partial charge in [0.15, 0.2) is 11.6 Å². The molecule has 1 aromatic heterocycles. The normalized spacial score (nSPS) is 22.8. The molecule has 1 aliphatic carbocycles. The topological polar surface area (TPSA) is 28.2 Å². The van der Waals surface area contributed by atoms with Crippen LogP contribution in [0.15, 0.2) is 12.3 Å². The molecule has 3 nitrogen and oxygen atoms in total. The minimum Gasteiger partial charge on any atom is -0.354 e. The van der Waals surface area contributed by atoms with Crippen molar-refractivity contribution in [1.82, 2.24) is 10.3 Å². The Hall–Kier alpha value is -1.16. The first kappa shape index (κ1) is 13.8. The molecular formula is C16H24FN3. The van der Waals surface area contributed by atoms with E-state index in [1.807, 2.05) is 0 Å². The summed E-state index contributed by atoms with van der Waals surface area (Å²) in [5, 5.41) is 3.37. The van der Waals surface area contributed by atoms with Crippen molar-refractivity contribution in [3.63, 3.8) is 0 Å². The Morgan fingerprint density at radius 3 is 2.85 bits per heavy atom. The van der Waals surface area contributed by atoms with Gasteiger partial charge in [-0.3, -0.25) is 0 Å². The van der Waals surface area contributed by atoms with E-state index < -0.39 is 0 Å². The number of nitrogens with zero attached hydrogens (tertiary/aromatic N) is 2. The lowest BCUT2D eigenvalue weighted by Crippen LogP contribution is -2.24. The lowest BCUT2D eigenvalue weighted by Gasteiger charge is -2.20. The molecule has 1 saturated carbocycles. The van der Waals surface area contributed by atoms with Crippen LogP contribution in [0.4, 0.5) is 10.2 Å². The van der Waals surface area contributed by atoms with Crippen LogP contribution in [0.25, 0.3) is 0 Å². The number of halogens is 1. The molecule has 2 heterocycles. The number of pyridine rings is 1. The van der Waals surface area contributed by atoms with Crippen LogP contribution in [0.3, 0.4) is 0 Å². The maximum atomic E-state index is 14.6. The highest BCUT2D eigenvalue weighted by Crippen LogP contribution is 2.29. The Morgan fingerprint density at radius 1 is 1.40 bits per heavy atom. The first-order valence-corrected chi connectivity index (χ1v) is 7.77. The fourth-order valence-electron chi connectivity index (χ4n) is 2.89. The van der Waals surface area contributed by atoms with Gasteiger partial charge >= 0.3 is 0 Å². The van der Waals surface area contributed by atoms with E-state index in [1.54, 1.807) is 12.3 Å². The first-order valence-electron chi connectivity index (χ1n) is 7.77. The monoisotopic (exact) mass is 277 g/mol. The van der Waals surface area contributed by atoms with Crippen molar-refractivity contribution in [2.24, 2.45) is 11.8 Å². The van der Waals surface area contributed by atoms with Crippen molar-refractivity contribution in [2.75, 3.05) is 18.0 Å². The van der Waals surface area contributed by atoms with Crippen LogP contribution in [0.5, 0.6) is 0 Å². The first-order chi connectivity index (χ1) is 9.65. The second kappa shape index (κ2) is 5.68. The summed E-state index contributed by atoms with van der Waals surface area (Å²) < 4.78 is 14.6. The molecule has 20 heavy (non-hydrogen) atoms. The van der Waals surface area contributed by atoms with Crippen molar-refractivity contribution in [1.29, 1.82) is 0 Å². The van der Waals surface area contributed by atoms with Crippen LogP contribution in [-0.2, 0) is 6.54 Å². The summed E-state index contributed by atoms with van der Waals surface area (Å²) >= 11 is 0. The zero-order valence-electron chi connectivity index (χ0n) is 12.4. The highest BCUT2D eigenvalue weighted by molar-refractivity contribution is 5.44. The third kappa shape index (κ3) is 2.95. The molecule has 1 aromatic rings. The number of hydrogen-bond acceptors (Lipinski definition) is 3. The SMILES string of the molecule is CC(C)C1CCN(c2nccc(CNC3CC3)c2F)C1. The average molecular weight is 277 g/mol. The van der Waals surface area contributed by atoms with Crippen molar-refractivity contribution < 1.29 is 4.39 Å². The van der Waals surface area contributed by atoms with Gasteiger partial charge < -0.3 is 10.2 Å². The molecule has 3 rings (SSSR count). The molecule has 0 bridgehead atoms. The van der Waals surface area contributed by atoms with Gasteiger partial charge in [-0.05, 0) is 37.2 Å². The van der Waals surface area contributed by atoms with Crippen LogP contribution in [0.2, 0.25) is 0 Å². The van der Waals surface area contributed by atoms with Crippen molar-refractivity contribution in [2.45, 2.75) is 45.7 Å². The number of aromatic nitrogens is 1. The number of anilines is 1. The zero-order valence-corrected chi connectivity index (χ0v) is 12.4. The van der Waals surface area contributed by atoms with Gasteiger partial charge in [-0.2, -0.15) is 0 Å². The summed E-state index contributed by atoms with van der Waals surface area (Å²) in [4.78, 5) is 6.39. The molecule has 110 valence electrons. The quantitative estimate of drug-likeness (QED) is 0.897. The Labute approximate surface area is 120 Å². The van der Waals surface area contributed by atoms with E-state index in [0.717, 1.165) is 25.1 Å². The lowest BCUT2D eigenvalue weighted by atomic mass is 9.95. The van der Waals surface area contributed by atoms with Crippen LogP contribution >= 0.6 is 0 Å². The third-order valence-corrected chi connectivity index (χ3v) is 4.58. The standard InChI is InChI=1S/C16H24FN3/c1-11(2)13-6-8-20(10-13)16-15(17)12(5-7-18-16)9-19-14-3-4-14/h5,7,11,13-14,19H,3-4,6,8-10H2,1-2H3. The molecule has 1 unspecified atom stereocenters. The molecule has 2 fully saturated rings. The Kier molecular flexibility index (Phi) is 3.92. The molecule has 1 saturated heterocycles. The molecule has 0 amide bonds. The lowest BCUT2D eigenvalue weighted by molar-refractivity contribution is 0.422. The van der Waals surface area contributed by atoms with Gasteiger partial charge in [0.1, 0.15) is 0 Å². The highest BCUT2D eigenvalue weighted by atomic mass is 19.1. The van der Waals surface area contributed by atoms with E-state index in [-0.39, 0.29) is 5.82 Å². The maximum Gasteiger partial charge on any atom is 0.170 e. The molecule has 4 heteroatoms. The number of rotatable bonds is 5. The summed E-state index contributed by atoms with van der Waals surface area (Å²) in [6.45, 7) is 6.96. The minimum absolute atomic E-state index is 0.134. The number of hydrogen-bond donors (Lipinski definition) is 1. The van der Waals surface area contributed by atoms with Crippen molar-refractivity contribution >= 4 is 5.82 Å². The molecule has 0 aromatic carbocycles. The van der Waals surface area contributed by atoms with Crippen LogP contribution in [-0.4, -0.2) is 24.1 Å². The maximum absolute atomic E-state index is 14.6. The van der Waals surface area contributed by atoms with E-state index in [0.29, 0.717) is 30.2 Å². The van der Waals surface area contributed by atoms with E-state index in [2.05, 4.69) is 29.0 Å². The zero-order chi connectivity index (χ0) is 14.1. The minimum atomic E-state index is -0.134.